The molecule has 0 aliphatic carbocycles. The van der Waals surface area contributed by atoms with E-state index in [2.05, 4.69) is 9.71 Å². The number of hydrogen-bond acceptors (Lipinski definition) is 5. The molecule has 6 nitrogen and oxygen atoms in total. The molecule has 0 aliphatic heterocycles. The second kappa shape index (κ2) is 5.97. The van der Waals surface area contributed by atoms with Crippen LogP contribution in [0.2, 0.25) is 0 Å². The van der Waals surface area contributed by atoms with Crippen LogP contribution in [0, 0.1) is 13.8 Å². The van der Waals surface area contributed by atoms with Crippen LogP contribution < -0.4 is 10.5 Å². The summed E-state index contributed by atoms with van der Waals surface area (Å²) in [6, 6.07) is 4.60. The van der Waals surface area contributed by atoms with Crippen molar-refractivity contribution >= 4 is 10.0 Å². The maximum Gasteiger partial charge on any atom is 0.241 e. The Hall–Kier alpha value is -1.70. The molecule has 7 heteroatoms. The summed E-state index contributed by atoms with van der Waals surface area (Å²) < 4.78 is 32.9. The predicted molar refractivity (Wildman–Crippen MR) is 79.0 cm³/mol. The van der Waals surface area contributed by atoms with Crippen molar-refractivity contribution in [2.45, 2.75) is 38.3 Å². The van der Waals surface area contributed by atoms with Gasteiger partial charge in [0, 0.05) is 6.54 Å². The van der Waals surface area contributed by atoms with Crippen molar-refractivity contribution in [2.24, 2.45) is 5.73 Å². The minimum atomic E-state index is -3.67. The maximum atomic E-state index is 12.5. The average molecular weight is 309 g/mol. The zero-order chi connectivity index (χ0) is 15.6. The number of nitrogens with two attached hydrogens (primary N) is 1. The Bertz CT molecular complexity index is 738. The number of aryl methyl sites for hydroxylation is 2. The third-order valence-corrected chi connectivity index (χ3v) is 4.80. The molecule has 2 aromatic rings. The highest BCUT2D eigenvalue weighted by atomic mass is 32.2. The summed E-state index contributed by atoms with van der Waals surface area (Å²) in [5, 5.41) is 0. The minimum absolute atomic E-state index is 0.223. The van der Waals surface area contributed by atoms with Crippen LogP contribution in [0.1, 0.15) is 35.7 Å². The van der Waals surface area contributed by atoms with Crippen molar-refractivity contribution in [3.63, 3.8) is 0 Å². The van der Waals surface area contributed by atoms with Crippen LogP contribution >= 0.6 is 0 Å². The Labute approximate surface area is 124 Å². The van der Waals surface area contributed by atoms with Crippen LogP contribution in [-0.2, 0) is 16.6 Å². The van der Waals surface area contributed by atoms with Gasteiger partial charge < -0.3 is 10.2 Å². The Kier molecular flexibility index (Phi) is 4.46. The van der Waals surface area contributed by atoms with Crippen molar-refractivity contribution in [1.29, 1.82) is 0 Å². The molecule has 0 spiro atoms. The lowest BCUT2D eigenvalue weighted by atomic mass is 10.1. The normalized spacial score (nSPS) is 13.3. The first kappa shape index (κ1) is 15.7. The third kappa shape index (κ3) is 3.49. The van der Waals surface area contributed by atoms with Gasteiger partial charge in [0.2, 0.25) is 15.9 Å². The highest BCUT2D eigenvalue weighted by molar-refractivity contribution is 7.89. The molecule has 0 aliphatic rings. The first-order valence-corrected chi connectivity index (χ1v) is 8.06. The van der Waals surface area contributed by atoms with Gasteiger partial charge in [-0.05, 0) is 38.0 Å². The standard InChI is InChI=1S/C14H19N3O3S/c1-9-4-5-12(7-15)6-13(9)21(18,19)17-11(3)14-16-8-10(2)20-14/h4-6,8,11,17H,7,15H2,1-3H3. The van der Waals surface area contributed by atoms with Crippen molar-refractivity contribution in [1.82, 2.24) is 9.71 Å². The molecule has 1 heterocycles. The summed E-state index contributed by atoms with van der Waals surface area (Å²) in [5.41, 5.74) is 6.99. The first-order valence-electron chi connectivity index (χ1n) is 6.57. The second-order valence-corrected chi connectivity index (χ2v) is 6.64. The number of nitrogens with one attached hydrogen (secondary N) is 1. The molecular weight excluding hydrogens is 290 g/mol. The zero-order valence-electron chi connectivity index (χ0n) is 12.3. The molecule has 1 atom stereocenters. The molecule has 1 unspecified atom stereocenters. The molecule has 0 amide bonds. The van der Waals surface area contributed by atoms with Crippen LogP contribution in [0.4, 0.5) is 0 Å². The van der Waals surface area contributed by atoms with E-state index in [1.807, 2.05) is 6.07 Å². The summed E-state index contributed by atoms with van der Waals surface area (Å²) in [7, 11) is -3.67. The van der Waals surface area contributed by atoms with E-state index < -0.39 is 16.1 Å². The Morgan fingerprint density at radius 3 is 2.67 bits per heavy atom. The zero-order valence-corrected chi connectivity index (χ0v) is 13.1. The first-order chi connectivity index (χ1) is 9.83. The fourth-order valence-corrected chi connectivity index (χ4v) is 3.47. The van der Waals surface area contributed by atoms with Gasteiger partial charge in [-0.3, -0.25) is 0 Å². The Morgan fingerprint density at radius 1 is 1.38 bits per heavy atom. The van der Waals surface area contributed by atoms with E-state index in [0.29, 0.717) is 17.2 Å². The largest absolute Gasteiger partial charge is 0.444 e. The van der Waals surface area contributed by atoms with Crippen molar-refractivity contribution < 1.29 is 12.8 Å². The number of aromatic nitrogens is 1. The van der Waals surface area contributed by atoms with Gasteiger partial charge >= 0.3 is 0 Å². The van der Waals surface area contributed by atoms with E-state index >= 15 is 0 Å². The molecule has 3 N–H and O–H groups in total. The SMILES string of the molecule is Cc1cnc(C(C)NS(=O)(=O)c2cc(CN)ccc2C)o1. The number of sulfonamides is 1. The Morgan fingerprint density at radius 2 is 2.10 bits per heavy atom. The highest BCUT2D eigenvalue weighted by Crippen LogP contribution is 2.20. The van der Waals surface area contributed by atoms with E-state index in [-0.39, 0.29) is 11.4 Å². The number of hydrogen-bond donors (Lipinski definition) is 2. The van der Waals surface area contributed by atoms with Crippen LogP contribution in [0.15, 0.2) is 33.7 Å². The molecular formula is C14H19N3O3S. The molecule has 0 bridgehead atoms. The lowest BCUT2D eigenvalue weighted by Crippen LogP contribution is -2.27. The van der Waals surface area contributed by atoms with Crippen molar-refractivity contribution in [2.75, 3.05) is 0 Å². The molecule has 0 saturated heterocycles. The van der Waals surface area contributed by atoms with Gasteiger partial charge in [-0.25, -0.2) is 13.4 Å². The second-order valence-electron chi connectivity index (χ2n) is 4.96. The Balaban J connectivity index is 2.30. The fourth-order valence-electron chi connectivity index (χ4n) is 1.98. The molecule has 1 aromatic heterocycles. The van der Waals surface area contributed by atoms with Gasteiger partial charge in [-0.2, -0.15) is 4.72 Å². The van der Waals surface area contributed by atoms with Crippen LogP contribution in [0.3, 0.4) is 0 Å². The van der Waals surface area contributed by atoms with E-state index in [1.54, 1.807) is 39.1 Å². The summed E-state index contributed by atoms with van der Waals surface area (Å²) in [6.45, 7) is 5.48. The van der Waals surface area contributed by atoms with E-state index in [9.17, 15) is 8.42 Å². The molecule has 1 aromatic carbocycles. The van der Waals surface area contributed by atoms with Crippen LogP contribution in [0.5, 0.6) is 0 Å². The van der Waals surface area contributed by atoms with Gasteiger partial charge in [-0.15, -0.1) is 0 Å². The van der Waals surface area contributed by atoms with Crippen molar-refractivity contribution in [3.05, 3.63) is 47.2 Å². The lowest BCUT2D eigenvalue weighted by molar-refractivity contribution is 0.427. The van der Waals surface area contributed by atoms with E-state index in [4.69, 9.17) is 10.2 Å². The number of benzene rings is 1. The van der Waals surface area contributed by atoms with E-state index in [1.165, 1.54) is 0 Å². The van der Waals surface area contributed by atoms with Gasteiger partial charge in [0.05, 0.1) is 17.1 Å². The molecule has 2 rings (SSSR count). The highest BCUT2D eigenvalue weighted by Gasteiger charge is 2.23. The monoisotopic (exact) mass is 309 g/mol. The minimum Gasteiger partial charge on any atom is -0.444 e. The number of rotatable bonds is 5. The molecule has 114 valence electrons. The van der Waals surface area contributed by atoms with Crippen LogP contribution in [-0.4, -0.2) is 13.4 Å². The average Bonchev–Trinajstić information content (AvgIpc) is 2.85. The van der Waals surface area contributed by atoms with E-state index in [0.717, 1.165) is 5.56 Å². The van der Waals surface area contributed by atoms with Gasteiger partial charge in [0.25, 0.3) is 0 Å². The summed E-state index contributed by atoms with van der Waals surface area (Å²) >= 11 is 0. The third-order valence-electron chi connectivity index (χ3n) is 3.12. The predicted octanol–water partition coefficient (Wildman–Crippen LogP) is 1.79. The lowest BCUT2D eigenvalue weighted by Gasteiger charge is -2.14. The quantitative estimate of drug-likeness (QED) is 0.877. The summed E-state index contributed by atoms with van der Waals surface area (Å²) in [6.07, 6.45) is 1.56. The maximum absolute atomic E-state index is 12.5. The summed E-state index contributed by atoms with van der Waals surface area (Å²) in [4.78, 5) is 4.26. The van der Waals surface area contributed by atoms with Crippen LogP contribution in [0.25, 0.3) is 0 Å². The number of nitrogens with zero attached hydrogens (tertiary/aromatic N) is 1. The van der Waals surface area contributed by atoms with Gasteiger partial charge in [-0.1, -0.05) is 12.1 Å². The number of oxazole rings is 1. The molecule has 0 fully saturated rings. The van der Waals surface area contributed by atoms with Gasteiger partial charge in [0.15, 0.2) is 0 Å². The summed E-state index contributed by atoms with van der Waals surface area (Å²) in [5.74, 6) is 0.973. The fraction of sp³-hybridized carbons (Fsp3) is 0.357. The topological polar surface area (TPSA) is 98.2 Å². The molecule has 21 heavy (non-hydrogen) atoms. The van der Waals surface area contributed by atoms with Crippen molar-refractivity contribution in [3.8, 4) is 0 Å². The smallest absolute Gasteiger partial charge is 0.241 e. The molecule has 0 radical (unpaired) electrons. The van der Waals surface area contributed by atoms with Gasteiger partial charge in [0.1, 0.15) is 5.76 Å². The molecule has 0 saturated carbocycles.